The molecule has 1 aliphatic heterocycles. The van der Waals surface area contributed by atoms with E-state index in [0.717, 1.165) is 36.2 Å². The second-order valence-electron chi connectivity index (χ2n) is 7.18. The van der Waals surface area contributed by atoms with Crippen LogP contribution in [0.2, 0.25) is 0 Å². The van der Waals surface area contributed by atoms with Crippen molar-refractivity contribution in [3.63, 3.8) is 0 Å². The van der Waals surface area contributed by atoms with Crippen molar-refractivity contribution in [2.45, 2.75) is 31.9 Å². The molecule has 30 heavy (non-hydrogen) atoms. The normalized spacial score (nSPS) is 17.5. The van der Waals surface area contributed by atoms with Gasteiger partial charge in [-0.15, -0.1) is 11.3 Å². The number of amides is 2. The lowest BCUT2D eigenvalue weighted by Gasteiger charge is -2.22. The molecule has 162 valence electrons. The molecule has 9 heteroatoms. The predicted molar refractivity (Wildman–Crippen MR) is 114 cm³/mol. The van der Waals surface area contributed by atoms with Crippen LogP contribution >= 0.6 is 11.3 Å². The van der Waals surface area contributed by atoms with Gasteiger partial charge in [0.1, 0.15) is 12.8 Å². The third-order valence-corrected chi connectivity index (χ3v) is 5.87. The van der Waals surface area contributed by atoms with Crippen LogP contribution in [0.15, 0.2) is 29.6 Å². The lowest BCUT2D eigenvalue weighted by atomic mass is 9.99. The first-order valence-corrected chi connectivity index (χ1v) is 11.0. The minimum absolute atomic E-state index is 0.174. The first-order chi connectivity index (χ1) is 14.6. The van der Waals surface area contributed by atoms with Crippen molar-refractivity contribution < 1.29 is 18.7 Å². The van der Waals surface area contributed by atoms with E-state index in [4.69, 9.17) is 10.5 Å². The van der Waals surface area contributed by atoms with Gasteiger partial charge < -0.3 is 15.8 Å². The summed E-state index contributed by atoms with van der Waals surface area (Å²) in [6.07, 6.45) is 0.830. The molecule has 1 fully saturated rings. The number of halogens is 1. The summed E-state index contributed by atoms with van der Waals surface area (Å²) in [5, 5.41) is 8.16. The first-order valence-electron chi connectivity index (χ1n) is 10.1. The number of hydrogen-bond donors (Lipinski definition) is 3. The molecule has 1 aliphatic rings. The summed E-state index contributed by atoms with van der Waals surface area (Å²) in [6.45, 7) is 0.979. The standard InChI is InChI=1S/C21H27FN4O3S/c22-7-9-29-18(21(28)26-20(27)16-2-1-8-24-12-16)10-19-25-17(13-30-19)15-5-3-14(11-23)4-6-15/h3-6,13,16,18,24H,1-2,7-12,23H2,(H,26,27,28)/t16?,18-/m0/s1. The Morgan fingerprint density at radius 3 is 2.83 bits per heavy atom. The van der Waals surface area contributed by atoms with E-state index in [9.17, 15) is 14.0 Å². The van der Waals surface area contributed by atoms with Crippen LogP contribution in [0.4, 0.5) is 4.39 Å². The highest BCUT2D eigenvalue weighted by Crippen LogP contribution is 2.23. The summed E-state index contributed by atoms with van der Waals surface area (Å²) in [6, 6.07) is 7.78. The van der Waals surface area contributed by atoms with Gasteiger partial charge in [-0.3, -0.25) is 14.9 Å². The van der Waals surface area contributed by atoms with E-state index < -0.39 is 18.7 Å². The summed E-state index contributed by atoms with van der Waals surface area (Å²) >= 11 is 1.40. The molecule has 2 heterocycles. The molecule has 1 saturated heterocycles. The Hall–Kier alpha value is -2.20. The monoisotopic (exact) mass is 434 g/mol. The SMILES string of the molecule is NCc1ccc(-c2csc(C[C@H](OCCF)C(=O)NC(=O)C3CCCNC3)n2)cc1. The predicted octanol–water partition coefficient (Wildman–Crippen LogP) is 1.81. The summed E-state index contributed by atoms with van der Waals surface area (Å²) < 4.78 is 18.0. The van der Waals surface area contributed by atoms with Gasteiger partial charge in [-0.05, 0) is 24.9 Å². The highest BCUT2D eigenvalue weighted by Gasteiger charge is 2.27. The number of ether oxygens (including phenoxy) is 1. The number of carbonyl (C=O) groups is 2. The molecule has 2 aromatic rings. The van der Waals surface area contributed by atoms with Crippen LogP contribution in [0, 0.1) is 5.92 Å². The van der Waals surface area contributed by atoms with E-state index in [1.165, 1.54) is 11.3 Å². The molecule has 2 atom stereocenters. The van der Waals surface area contributed by atoms with E-state index in [1.807, 2.05) is 29.6 Å². The van der Waals surface area contributed by atoms with Gasteiger partial charge in [0, 0.05) is 30.5 Å². The fourth-order valence-corrected chi connectivity index (χ4v) is 4.14. The van der Waals surface area contributed by atoms with E-state index in [1.54, 1.807) is 0 Å². The van der Waals surface area contributed by atoms with E-state index >= 15 is 0 Å². The lowest BCUT2D eigenvalue weighted by Crippen LogP contribution is -2.47. The molecule has 3 rings (SSSR count). The summed E-state index contributed by atoms with van der Waals surface area (Å²) in [5.41, 5.74) is 8.39. The van der Waals surface area contributed by atoms with Crippen LogP contribution in [0.3, 0.4) is 0 Å². The average Bonchev–Trinajstić information content (AvgIpc) is 3.25. The molecule has 1 aromatic heterocycles. The number of carbonyl (C=O) groups excluding carboxylic acids is 2. The summed E-state index contributed by atoms with van der Waals surface area (Å²) in [5.74, 6) is -1.11. The number of hydrogen-bond acceptors (Lipinski definition) is 7. The molecule has 0 saturated carbocycles. The molecule has 1 aromatic carbocycles. The molecular weight excluding hydrogens is 407 g/mol. The fraction of sp³-hybridized carbons (Fsp3) is 0.476. The quantitative estimate of drug-likeness (QED) is 0.556. The molecular formula is C21H27FN4O3S. The van der Waals surface area contributed by atoms with Crippen molar-refractivity contribution in [3.8, 4) is 11.3 Å². The van der Waals surface area contributed by atoms with E-state index in [-0.39, 0.29) is 24.9 Å². The third kappa shape index (κ3) is 6.15. The van der Waals surface area contributed by atoms with Crippen LogP contribution < -0.4 is 16.4 Å². The summed E-state index contributed by atoms with van der Waals surface area (Å²) in [7, 11) is 0. The Morgan fingerprint density at radius 1 is 1.37 bits per heavy atom. The zero-order valence-electron chi connectivity index (χ0n) is 16.7. The van der Waals surface area contributed by atoms with Crippen LogP contribution in [0.5, 0.6) is 0 Å². The largest absolute Gasteiger partial charge is 0.365 e. The minimum Gasteiger partial charge on any atom is -0.365 e. The molecule has 0 spiro atoms. The molecule has 2 amide bonds. The number of imide groups is 1. The van der Waals surface area contributed by atoms with E-state index in [0.29, 0.717) is 18.1 Å². The van der Waals surface area contributed by atoms with Crippen molar-refractivity contribution in [1.82, 2.24) is 15.6 Å². The average molecular weight is 435 g/mol. The highest BCUT2D eigenvalue weighted by atomic mass is 32.1. The van der Waals surface area contributed by atoms with Crippen LogP contribution in [0.1, 0.15) is 23.4 Å². The second kappa shape index (κ2) is 11.3. The number of nitrogens with zero attached hydrogens (tertiary/aromatic N) is 1. The maximum absolute atomic E-state index is 12.6. The van der Waals surface area contributed by atoms with Gasteiger partial charge in [-0.25, -0.2) is 9.37 Å². The van der Waals surface area contributed by atoms with Crippen molar-refractivity contribution >= 4 is 23.2 Å². The first kappa shape index (κ1) is 22.5. The van der Waals surface area contributed by atoms with Gasteiger partial charge >= 0.3 is 0 Å². The maximum atomic E-state index is 12.6. The van der Waals surface area contributed by atoms with Gasteiger partial charge in [0.05, 0.1) is 23.2 Å². The number of benzene rings is 1. The third-order valence-electron chi connectivity index (χ3n) is 5.00. The van der Waals surface area contributed by atoms with Crippen molar-refractivity contribution in [1.29, 1.82) is 0 Å². The van der Waals surface area contributed by atoms with Gasteiger partial charge in [0.2, 0.25) is 5.91 Å². The molecule has 0 aliphatic carbocycles. The van der Waals surface area contributed by atoms with Crippen molar-refractivity contribution in [2.24, 2.45) is 11.7 Å². The number of rotatable bonds is 9. The highest BCUT2D eigenvalue weighted by molar-refractivity contribution is 7.10. The van der Waals surface area contributed by atoms with E-state index in [2.05, 4.69) is 15.6 Å². The Kier molecular flexibility index (Phi) is 8.44. The lowest BCUT2D eigenvalue weighted by molar-refractivity contribution is -0.140. The van der Waals surface area contributed by atoms with Crippen molar-refractivity contribution in [3.05, 3.63) is 40.2 Å². The number of alkyl halides is 1. The molecule has 7 nitrogen and oxygen atoms in total. The van der Waals surface area contributed by atoms with Crippen molar-refractivity contribution in [2.75, 3.05) is 26.4 Å². The van der Waals surface area contributed by atoms with Gasteiger partial charge in [0.25, 0.3) is 5.91 Å². The number of aromatic nitrogens is 1. The van der Waals surface area contributed by atoms with Crippen LogP contribution in [0.25, 0.3) is 11.3 Å². The fourth-order valence-electron chi connectivity index (χ4n) is 3.30. The van der Waals surface area contributed by atoms with Gasteiger partial charge in [-0.1, -0.05) is 24.3 Å². The molecule has 0 radical (unpaired) electrons. The summed E-state index contributed by atoms with van der Waals surface area (Å²) in [4.78, 5) is 29.6. The number of nitrogens with two attached hydrogens (primary N) is 1. The Morgan fingerprint density at radius 2 is 2.17 bits per heavy atom. The Balaban J connectivity index is 1.64. The topological polar surface area (TPSA) is 106 Å². The smallest absolute Gasteiger partial charge is 0.256 e. The molecule has 0 bridgehead atoms. The maximum Gasteiger partial charge on any atom is 0.256 e. The van der Waals surface area contributed by atoms with Crippen LogP contribution in [-0.2, 0) is 27.3 Å². The number of piperidine rings is 1. The Bertz CT molecular complexity index is 837. The van der Waals surface area contributed by atoms with Gasteiger partial charge in [-0.2, -0.15) is 0 Å². The number of thiazole rings is 1. The van der Waals surface area contributed by atoms with Crippen LogP contribution in [-0.4, -0.2) is 49.3 Å². The molecule has 1 unspecified atom stereocenters. The molecule has 4 N–H and O–H groups in total. The minimum atomic E-state index is -0.972. The second-order valence-corrected chi connectivity index (χ2v) is 8.12. The van der Waals surface area contributed by atoms with Gasteiger partial charge in [0.15, 0.2) is 0 Å². The Labute approximate surface area is 179 Å². The zero-order valence-corrected chi connectivity index (χ0v) is 17.6. The number of nitrogens with one attached hydrogen (secondary N) is 2. The zero-order chi connectivity index (χ0) is 21.3.